The molecule has 1 saturated carbocycles. The van der Waals surface area contributed by atoms with Crippen LogP contribution in [0.4, 0.5) is 0 Å². The molecule has 3 nitrogen and oxygen atoms in total. The Hall–Kier alpha value is -1.32. The Bertz CT molecular complexity index is 615. The number of carbonyl (C=O) groups excluding carboxylic acids is 2. The minimum absolute atomic E-state index is 0.436. The maximum atomic E-state index is 12.3. The van der Waals surface area contributed by atoms with Gasteiger partial charge in [-0.15, -0.1) is 23.2 Å². The molecule has 1 aliphatic heterocycles. The molecule has 1 aliphatic carbocycles. The van der Waals surface area contributed by atoms with Gasteiger partial charge in [0.15, 0.2) is 9.75 Å². The predicted octanol–water partition coefficient (Wildman–Crippen LogP) is 2.29. The van der Waals surface area contributed by atoms with E-state index < -0.39 is 27.5 Å². The van der Waals surface area contributed by atoms with Gasteiger partial charge in [0.2, 0.25) is 0 Å². The summed E-state index contributed by atoms with van der Waals surface area (Å²) < 4.78 is 0. The molecular weight excluding hydrogens is 285 g/mol. The summed E-state index contributed by atoms with van der Waals surface area (Å²) in [5.41, 5.74) is 1.33. The molecule has 19 heavy (non-hydrogen) atoms. The fraction of sp³-hybridized carbons (Fsp3) is 0.286. The van der Waals surface area contributed by atoms with Gasteiger partial charge in [-0.25, -0.2) is 0 Å². The summed E-state index contributed by atoms with van der Waals surface area (Å²) in [4.78, 5) is 22.4. The van der Waals surface area contributed by atoms with Crippen LogP contribution in [0.2, 0.25) is 0 Å². The number of hydrogen-bond donors (Lipinski definition) is 0. The summed E-state index contributed by atoms with van der Waals surface area (Å²) in [7, 11) is 1.40. The summed E-state index contributed by atoms with van der Waals surface area (Å²) in [6, 6.07) is 9.27. The molecule has 1 aromatic rings. The molecule has 3 rings (SSSR count). The Morgan fingerprint density at radius 1 is 1.16 bits per heavy atom. The highest BCUT2D eigenvalue weighted by molar-refractivity contribution is 6.57. The molecule has 0 radical (unpaired) electrons. The molecular formula is C14H11Cl2NO2. The standard InChI is InChI=1S/C14H11Cl2NO2/c1-8-10(9-6-4-3-5-7-9)14(16)12(19)17(2)11(18)13(8,14)15/h3-7,10H,1H2,2H3/t10-,13+,14-/m0/s1. The van der Waals surface area contributed by atoms with Crippen molar-refractivity contribution in [3.63, 3.8) is 0 Å². The number of amides is 2. The third kappa shape index (κ3) is 1.16. The van der Waals surface area contributed by atoms with Gasteiger partial charge >= 0.3 is 0 Å². The monoisotopic (exact) mass is 295 g/mol. The van der Waals surface area contributed by atoms with Gasteiger partial charge in [-0.1, -0.05) is 36.9 Å². The topological polar surface area (TPSA) is 37.4 Å². The largest absolute Gasteiger partial charge is 0.282 e. The van der Waals surface area contributed by atoms with Crippen molar-refractivity contribution < 1.29 is 9.59 Å². The molecule has 5 heteroatoms. The molecule has 1 aromatic carbocycles. The van der Waals surface area contributed by atoms with Crippen LogP contribution in [0.1, 0.15) is 11.5 Å². The van der Waals surface area contributed by atoms with Crippen molar-refractivity contribution in [3.05, 3.63) is 48.0 Å². The SMILES string of the molecule is C=C1[C@@H](c2ccccc2)[C@]2(Cl)C(=O)N(C)C(=O)[C@]12Cl. The normalized spacial score (nSPS) is 37.3. The molecule has 1 heterocycles. The number of imide groups is 1. The Labute approximate surface area is 120 Å². The van der Waals surface area contributed by atoms with Crippen molar-refractivity contribution in [3.8, 4) is 0 Å². The van der Waals surface area contributed by atoms with E-state index in [2.05, 4.69) is 6.58 Å². The first-order chi connectivity index (χ1) is 8.86. The average molecular weight is 296 g/mol. The molecule has 0 spiro atoms. The van der Waals surface area contributed by atoms with Crippen LogP contribution in [0.25, 0.3) is 0 Å². The van der Waals surface area contributed by atoms with E-state index in [-0.39, 0.29) is 0 Å². The van der Waals surface area contributed by atoms with Crippen LogP contribution < -0.4 is 0 Å². The van der Waals surface area contributed by atoms with Gasteiger partial charge < -0.3 is 0 Å². The van der Waals surface area contributed by atoms with Crippen LogP contribution in [0.15, 0.2) is 42.5 Å². The lowest BCUT2D eigenvalue weighted by molar-refractivity contribution is -0.137. The third-order valence-corrected chi connectivity index (χ3v) is 5.50. The second-order valence-corrected chi connectivity index (χ2v) is 6.07. The van der Waals surface area contributed by atoms with E-state index in [9.17, 15) is 9.59 Å². The van der Waals surface area contributed by atoms with Gasteiger partial charge in [-0.3, -0.25) is 14.5 Å². The minimum atomic E-state index is -1.51. The van der Waals surface area contributed by atoms with Gasteiger partial charge in [0.1, 0.15) is 0 Å². The fourth-order valence-corrected chi connectivity index (χ4v) is 4.01. The number of likely N-dealkylation sites (tertiary alicyclic amines) is 1. The van der Waals surface area contributed by atoms with Gasteiger partial charge in [-0.2, -0.15) is 0 Å². The molecule has 0 bridgehead atoms. The van der Waals surface area contributed by atoms with E-state index in [0.29, 0.717) is 5.57 Å². The predicted molar refractivity (Wildman–Crippen MR) is 73.3 cm³/mol. The summed E-state index contributed by atoms with van der Waals surface area (Å²) in [5, 5.41) is 0. The molecule has 2 aliphatic rings. The number of benzene rings is 1. The minimum Gasteiger partial charge on any atom is -0.282 e. The van der Waals surface area contributed by atoms with E-state index in [1.54, 1.807) is 0 Å². The zero-order chi connectivity index (χ0) is 14.0. The maximum Gasteiger partial charge on any atom is 0.256 e. The second kappa shape index (κ2) is 3.62. The summed E-state index contributed by atoms with van der Waals surface area (Å²) in [6.45, 7) is 3.88. The van der Waals surface area contributed by atoms with E-state index in [4.69, 9.17) is 23.2 Å². The molecule has 98 valence electrons. The summed E-state index contributed by atoms with van der Waals surface area (Å²) in [6.07, 6.45) is 0. The van der Waals surface area contributed by atoms with Crippen LogP contribution in [0.5, 0.6) is 0 Å². The van der Waals surface area contributed by atoms with Crippen LogP contribution >= 0.6 is 23.2 Å². The molecule has 0 N–H and O–H groups in total. The molecule has 2 fully saturated rings. The highest BCUT2D eigenvalue weighted by atomic mass is 35.5. The number of hydrogen-bond acceptors (Lipinski definition) is 2. The van der Waals surface area contributed by atoms with Crippen molar-refractivity contribution in [2.75, 3.05) is 7.05 Å². The summed E-state index contributed by atoms with van der Waals surface area (Å²) in [5.74, 6) is -1.39. The van der Waals surface area contributed by atoms with Gasteiger partial charge in [0, 0.05) is 13.0 Å². The molecule has 0 aromatic heterocycles. The zero-order valence-corrected chi connectivity index (χ0v) is 11.7. The molecule has 2 amide bonds. The number of rotatable bonds is 1. The van der Waals surface area contributed by atoms with Crippen LogP contribution in [-0.2, 0) is 9.59 Å². The first-order valence-electron chi connectivity index (χ1n) is 5.81. The highest BCUT2D eigenvalue weighted by Crippen LogP contribution is 2.67. The smallest absolute Gasteiger partial charge is 0.256 e. The van der Waals surface area contributed by atoms with Crippen molar-refractivity contribution in [2.45, 2.75) is 15.7 Å². The van der Waals surface area contributed by atoms with Crippen LogP contribution in [0, 0.1) is 0 Å². The lowest BCUT2D eigenvalue weighted by Crippen LogP contribution is -2.65. The number of nitrogens with zero attached hydrogens (tertiary/aromatic N) is 1. The second-order valence-electron chi connectivity index (χ2n) is 4.91. The lowest BCUT2D eigenvalue weighted by atomic mass is 9.58. The number of carbonyl (C=O) groups is 2. The fourth-order valence-electron chi connectivity index (χ4n) is 3.00. The third-order valence-electron chi connectivity index (χ3n) is 4.04. The lowest BCUT2D eigenvalue weighted by Gasteiger charge is -2.51. The van der Waals surface area contributed by atoms with Crippen molar-refractivity contribution >= 4 is 35.0 Å². The van der Waals surface area contributed by atoms with Gasteiger partial charge in [-0.05, 0) is 11.1 Å². The zero-order valence-electron chi connectivity index (χ0n) is 10.2. The van der Waals surface area contributed by atoms with E-state index in [1.165, 1.54) is 7.05 Å². The molecule has 1 saturated heterocycles. The maximum absolute atomic E-state index is 12.3. The van der Waals surface area contributed by atoms with Crippen molar-refractivity contribution in [1.82, 2.24) is 4.90 Å². The Morgan fingerprint density at radius 3 is 2.32 bits per heavy atom. The Kier molecular flexibility index (Phi) is 2.42. The Balaban J connectivity index is 2.16. The van der Waals surface area contributed by atoms with E-state index in [0.717, 1.165) is 10.5 Å². The quantitative estimate of drug-likeness (QED) is 0.453. The average Bonchev–Trinajstić information content (AvgIpc) is 2.53. The summed E-state index contributed by atoms with van der Waals surface area (Å²) >= 11 is 12.8. The van der Waals surface area contributed by atoms with Crippen LogP contribution in [0.3, 0.4) is 0 Å². The first-order valence-corrected chi connectivity index (χ1v) is 6.57. The van der Waals surface area contributed by atoms with E-state index in [1.807, 2.05) is 30.3 Å². The number of fused-ring (bicyclic) bond motifs is 1. The number of alkyl halides is 2. The van der Waals surface area contributed by atoms with Gasteiger partial charge in [0.25, 0.3) is 11.8 Å². The van der Waals surface area contributed by atoms with E-state index >= 15 is 0 Å². The highest BCUT2D eigenvalue weighted by Gasteiger charge is 2.80. The molecule has 0 unspecified atom stereocenters. The Morgan fingerprint density at radius 2 is 1.74 bits per heavy atom. The van der Waals surface area contributed by atoms with Crippen molar-refractivity contribution in [2.24, 2.45) is 0 Å². The van der Waals surface area contributed by atoms with Crippen LogP contribution in [-0.4, -0.2) is 33.5 Å². The van der Waals surface area contributed by atoms with Gasteiger partial charge in [0.05, 0.1) is 0 Å². The molecule has 3 atom stereocenters. The van der Waals surface area contributed by atoms with Crippen molar-refractivity contribution in [1.29, 1.82) is 0 Å². The first kappa shape index (κ1) is 12.7. The number of halogens is 2.